The van der Waals surface area contributed by atoms with Crippen LogP contribution in [0.4, 0.5) is 8.78 Å². The molecule has 0 radical (unpaired) electrons. The Hall–Kier alpha value is -1.49. The topological polar surface area (TPSA) is 49.3 Å². The highest BCUT2D eigenvalue weighted by atomic mass is 19.1. The number of rotatable bonds is 4. The summed E-state index contributed by atoms with van der Waals surface area (Å²) in [6.45, 7) is 0.231. The molecule has 0 spiro atoms. The van der Waals surface area contributed by atoms with Crippen LogP contribution in [0.25, 0.3) is 0 Å². The van der Waals surface area contributed by atoms with Gasteiger partial charge in [0.1, 0.15) is 11.6 Å². The summed E-state index contributed by atoms with van der Waals surface area (Å²) in [6.07, 6.45) is 3.80. The van der Waals surface area contributed by atoms with E-state index in [9.17, 15) is 18.7 Å². The second kappa shape index (κ2) is 5.37. The Morgan fingerprint density at radius 3 is 2.52 bits per heavy atom. The summed E-state index contributed by atoms with van der Waals surface area (Å²) in [7, 11) is 0. The molecule has 1 aromatic carbocycles. The summed E-state index contributed by atoms with van der Waals surface area (Å²) >= 11 is 0. The number of aliphatic hydroxyl groups is 1. The summed E-state index contributed by atoms with van der Waals surface area (Å²) in [5, 5.41) is 12.9. The molecule has 2 N–H and O–H groups in total. The zero-order valence-corrected chi connectivity index (χ0v) is 11.7. The monoisotopic (exact) mass is 295 g/mol. The number of amides is 1. The van der Waals surface area contributed by atoms with Crippen LogP contribution in [0, 0.1) is 17.6 Å². The molecule has 0 heterocycles. The van der Waals surface area contributed by atoms with Crippen LogP contribution >= 0.6 is 0 Å². The van der Waals surface area contributed by atoms with E-state index < -0.39 is 17.2 Å². The summed E-state index contributed by atoms with van der Waals surface area (Å²) in [4.78, 5) is 12.0. The fourth-order valence-electron chi connectivity index (χ4n) is 3.26. The second-order valence-corrected chi connectivity index (χ2v) is 6.23. The van der Waals surface area contributed by atoms with Crippen molar-refractivity contribution in [3.8, 4) is 0 Å². The smallest absolute Gasteiger partial charge is 0.223 e. The van der Waals surface area contributed by atoms with E-state index in [0.29, 0.717) is 19.3 Å². The molecule has 0 aromatic heterocycles. The third kappa shape index (κ3) is 2.93. The standard InChI is InChI=1S/C16H19F2NO2/c17-12-4-3-5-13(18)14(12)10-8-11(10)15(20)19-9-16(21)6-1-2-7-16/h3-5,10-11,21H,1-2,6-9H2,(H,19,20). The van der Waals surface area contributed by atoms with Crippen molar-refractivity contribution in [1.82, 2.24) is 5.32 Å². The van der Waals surface area contributed by atoms with Gasteiger partial charge in [-0.1, -0.05) is 18.9 Å². The highest BCUT2D eigenvalue weighted by Crippen LogP contribution is 2.49. The molecule has 2 fully saturated rings. The number of halogens is 2. The number of nitrogens with one attached hydrogen (secondary N) is 1. The summed E-state index contributed by atoms with van der Waals surface area (Å²) < 4.78 is 27.3. The number of carbonyl (C=O) groups is 1. The largest absolute Gasteiger partial charge is 0.388 e. The van der Waals surface area contributed by atoms with Crippen molar-refractivity contribution in [2.45, 2.75) is 43.6 Å². The lowest BCUT2D eigenvalue weighted by molar-refractivity contribution is -0.123. The van der Waals surface area contributed by atoms with Gasteiger partial charge in [-0.2, -0.15) is 0 Å². The normalized spacial score (nSPS) is 26.6. The average molecular weight is 295 g/mol. The van der Waals surface area contributed by atoms with Crippen molar-refractivity contribution in [3.05, 3.63) is 35.4 Å². The van der Waals surface area contributed by atoms with Crippen LogP contribution in [-0.2, 0) is 4.79 Å². The van der Waals surface area contributed by atoms with Crippen LogP contribution in [-0.4, -0.2) is 23.2 Å². The number of benzene rings is 1. The minimum atomic E-state index is -0.802. The SMILES string of the molecule is O=C(NCC1(O)CCCC1)C1CC1c1c(F)cccc1F. The molecule has 2 saturated carbocycles. The molecule has 1 aromatic rings. The highest BCUT2D eigenvalue weighted by molar-refractivity contribution is 5.83. The Labute approximate surface area is 122 Å². The van der Waals surface area contributed by atoms with E-state index in [-0.39, 0.29) is 29.9 Å². The van der Waals surface area contributed by atoms with Gasteiger partial charge in [0.25, 0.3) is 0 Å². The van der Waals surface area contributed by atoms with Crippen molar-refractivity contribution in [1.29, 1.82) is 0 Å². The van der Waals surface area contributed by atoms with Gasteiger partial charge in [-0.3, -0.25) is 4.79 Å². The van der Waals surface area contributed by atoms with Crippen LogP contribution < -0.4 is 5.32 Å². The van der Waals surface area contributed by atoms with Gasteiger partial charge in [0, 0.05) is 23.9 Å². The van der Waals surface area contributed by atoms with Crippen LogP contribution in [0.3, 0.4) is 0 Å². The molecule has 2 atom stereocenters. The van der Waals surface area contributed by atoms with Crippen molar-refractivity contribution >= 4 is 5.91 Å². The maximum absolute atomic E-state index is 13.7. The first-order valence-corrected chi connectivity index (χ1v) is 7.44. The third-order valence-corrected chi connectivity index (χ3v) is 4.62. The lowest BCUT2D eigenvalue weighted by Gasteiger charge is -2.22. The Bertz CT molecular complexity index is 535. The molecular weight excluding hydrogens is 276 g/mol. The zero-order valence-electron chi connectivity index (χ0n) is 11.7. The lowest BCUT2D eigenvalue weighted by Crippen LogP contribution is -2.41. The number of hydrogen-bond donors (Lipinski definition) is 2. The fraction of sp³-hybridized carbons (Fsp3) is 0.562. The van der Waals surface area contributed by atoms with Gasteiger partial charge in [-0.15, -0.1) is 0 Å². The second-order valence-electron chi connectivity index (χ2n) is 6.23. The lowest BCUT2D eigenvalue weighted by atomic mass is 10.0. The first kappa shape index (κ1) is 14.4. The van der Waals surface area contributed by atoms with E-state index in [2.05, 4.69) is 5.32 Å². The first-order chi connectivity index (χ1) is 10.0. The molecule has 0 aliphatic heterocycles. The van der Waals surface area contributed by atoms with E-state index in [0.717, 1.165) is 12.8 Å². The maximum Gasteiger partial charge on any atom is 0.223 e. The van der Waals surface area contributed by atoms with Gasteiger partial charge in [-0.25, -0.2) is 8.78 Å². The van der Waals surface area contributed by atoms with Gasteiger partial charge in [-0.05, 0) is 31.4 Å². The Kier molecular flexibility index (Phi) is 3.69. The van der Waals surface area contributed by atoms with Gasteiger partial charge >= 0.3 is 0 Å². The summed E-state index contributed by atoms with van der Waals surface area (Å²) in [6, 6.07) is 3.75. The number of hydrogen-bond acceptors (Lipinski definition) is 2. The Morgan fingerprint density at radius 1 is 1.29 bits per heavy atom. The Morgan fingerprint density at radius 2 is 1.90 bits per heavy atom. The van der Waals surface area contributed by atoms with Crippen LogP contribution in [0.5, 0.6) is 0 Å². The average Bonchev–Trinajstić information content (AvgIpc) is 3.10. The minimum Gasteiger partial charge on any atom is -0.388 e. The van der Waals surface area contributed by atoms with Crippen molar-refractivity contribution in [2.75, 3.05) is 6.54 Å². The first-order valence-electron chi connectivity index (χ1n) is 7.44. The molecule has 114 valence electrons. The Balaban J connectivity index is 1.59. The van der Waals surface area contributed by atoms with E-state index in [1.165, 1.54) is 18.2 Å². The van der Waals surface area contributed by atoms with E-state index in [1.807, 2.05) is 0 Å². The molecular formula is C16H19F2NO2. The van der Waals surface area contributed by atoms with Gasteiger partial charge < -0.3 is 10.4 Å². The number of carbonyl (C=O) groups excluding carboxylic acids is 1. The molecule has 5 heteroatoms. The van der Waals surface area contributed by atoms with Crippen molar-refractivity contribution in [3.63, 3.8) is 0 Å². The van der Waals surface area contributed by atoms with E-state index in [4.69, 9.17) is 0 Å². The molecule has 3 nitrogen and oxygen atoms in total. The van der Waals surface area contributed by atoms with E-state index >= 15 is 0 Å². The molecule has 3 rings (SSSR count). The van der Waals surface area contributed by atoms with Crippen LogP contribution in [0.15, 0.2) is 18.2 Å². The van der Waals surface area contributed by atoms with Crippen LogP contribution in [0.2, 0.25) is 0 Å². The fourth-order valence-corrected chi connectivity index (χ4v) is 3.26. The molecule has 21 heavy (non-hydrogen) atoms. The zero-order chi connectivity index (χ0) is 15.0. The quantitative estimate of drug-likeness (QED) is 0.896. The molecule has 0 bridgehead atoms. The third-order valence-electron chi connectivity index (χ3n) is 4.62. The van der Waals surface area contributed by atoms with Crippen molar-refractivity contribution in [2.24, 2.45) is 5.92 Å². The predicted octanol–water partition coefficient (Wildman–Crippen LogP) is 2.49. The molecule has 2 aliphatic carbocycles. The highest BCUT2D eigenvalue weighted by Gasteiger charge is 2.47. The molecule has 2 aliphatic rings. The molecule has 1 amide bonds. The van der Waals surface area contributed by atoms with Gasteiger partial charge in [0.05, 0.1) is 5.60 Å². The molecule has 0 saturated heterocycles. The van der Waals surface area contributed by atoms with E-state index in [1.54, 1.807) is 0 Å². The maximum atomic E-state index is 13.7. The summed E-state index contributed by atoms with van der Waals surface area (Å²) in [5.74, 6) is -2.18. The molecule has 2 unspecified atom stereocenters. The predicted molar refractivity (Wildman–Crippen MR) is 73.6 cm³/mol. The summed E-state index contributed by atoms with van der Waals surface area (Å²) in [5.41, 5.74) is -0.791. The van der Waals surface area contributed by atoms with Gasteiger partial charge in [0.15, 0.2) is 0 Å². The minimum absolute atomic E-state index is 0.0113. The van der Waals surface area contributed by atoms with Crippen molar-refractivity contribution < 1.29 is 18.7 Å². The van der Waals surface area contributed by atoms with Crippen LogP contribution in [0.1, 0.15) is 43.6 Å². The van der Waals surface area contributed by atoms with Gasteiger partial charge in [0.2, 0.25) is 5.91 Å².